The van der Waals surface area contributed by atoms with Crippen LogP contribution in [0, 0.1) is 22.7 Å². The molecule has 1 aromatic carbocycles. The lowest BCUT2D eigenvalue weighted by Crippen LogP contribution is -2.50. The zero-order valence-electron chi connectivity index (χ0n) is 33.6. The minimum absolute atomic E-state index is 0.0673. The molecule has 5 atom stereocenters. The summed E-state index contributed by atoms with van der Waals surface area (Å²) in [7, 11) is -3.75. The smallest absolute Gasteiger partial charge is 0.386 e. The van der Waals surface area contributed by atoms with Crippen molar-refractivity contribution in [1.82, 2.24) is 14.6 Å². The van der Waals surface area contributed by atoms with Crippen LogP contribution in [0.25, 0.3) is 5.52 Å². The molecule has 0 aliphatic carbocycles. The molecule has 2 heterocycles. The Morgan fingerprint density at radius 2 is 1.51 bits per heavy atom. The van der Waals surface area contributed by atoms with Crippen LogP contribution in [0.3, 0.4) is 0 Å². The number of nitrogens with zero attached hydrogens (tertiary/aromatic N) is 5. The van der Waals surface area contributed by atoms with Crippen molar-refractivity contribution in [3.8, 4) is 12.1 Å². The van der Waals surface area contributed by atoms with Crippen molar-refractivity contribution in [3.05, 3.63) is 58.5 Å². The highest BCUT2D eigenvalue weighted by Crippen LogP contribution is 2.45. The summed E-state index contributed by atoms with van der Waals surface area (Å²) in [5, 5.41) is 46.0. The van der Waals surface area contributed by atoms with Crippen LogP contribution >= 0.6 is 19.4 Å². The van der Waals surface area contributed by atoms with E-state index in [0.717, 1.165) is 39.1 Å². The molecule has 0 amide bonds. The van der Waals surface area contributed by atoms with E-state index in [1.54, 1.807) is 24.3 Å². The second kappa shape index (κ2) is 26.1. The van der Waals surface area contributed by atoms with Crippen LogP contribution < -0.4 is 5.73 Å². The summed E-state index contributed by atoms with van der Waals surface area (Å²) in [6.45, 7) is 1.07. The fraction of sp³-hybridized carbons (Fsp3) is 0.659. The van der Waals surface area contributed by atoms with Crippen LogP contribution in [-0.2, 0) is 29.7 Å². The van der Waals surface area contributed by atoms with Gasteiger partial charge in [-0.1, -0.05) is 128 Å². The molecule has 16 heteroatoms. The van der Waals surface area contributed by atoms with Gasteiger partial charge in [0.1, 0.15) is 36.7 Å². The molecule has 316 valence electrons. The fourth-order valence-corrected chi connectivity index (χ4v) is 7.78. The van der Waals surface area contributed by atoms with Crippen molar-refractivity contribution in [3.63, 3.8) is 0 Å². The molecule has 0 saturated carbocycles. The third kappa shape index (κ3) is 16.6. The van der Waals surface area contributed by atoms with Crippen LogP contribution in [0.1, 0.15) is 145 Å². The number of rotatable bonds is 31. The molecule has 3 aromatic rings. The molecule has 57 heavy (non-hydrogen) atoms. The molecular weight excluding hydrogens is 771 g/mol. The molecule has 0 saturated heterocycles. The Hall–Kier alpha value is -3.14. The van der Waals surface area contributed by atoms with Crippen molar-refractivity contribution in [2.24, 2.45) is 0 Å². The van der Waals surface area contributed by atoms with Gasteiger partial charge in [-0.15, -0.1) is 0 Å². The van der Waals surface area contributed by atoms with Crippen molar-refractivity contribution < 1.29 is 38.2 Å². The SMILES string of the molecule is CCCCCCCCCCCCCCCCCCC[C@H](COP(=O)(O)OC[C@@](C#N)(OC)[C@@H](O)[C@@H](O)c1ccc2c(N)ncnn12)OCc1cc(Cl)cc(C#N)c1. The number of phosphoric ester groups is 1. The first-order valence-corrected chi connectivity index (χ1v) is 22.2. The maximum Gasteiger partial charge on any atom is 0.472 e. The number of anilines is 1. The van der Waals surface area contributed by atoms with E-state index in [4.69, 9.17) is 35.9 Å². The highest BCUT2D eigenvalue weighted by atomic mass is 35.5. The van der Waals surface area contributed by atoms with Crippen molar-refractivity contribution in [2.75, 3.05) is 26.1 Å². The van der Waals surface area contributed by atoms with Gasteiger partial charge in [0, 0.05) is 12.1 Å². The van der Waals surface area contributed by atoms with E-state index in [1.807, 2.05) is 0 Å². The molecule has 3 rings (SSSR count). The predicted molar refractivity (Wildman–Crippen MR) is 219 cm³/mol. The zero-order chi connectivity index (χ0) is 41.5. The minimum atomic E-state index is -4.85. The molecule has 0 spiro atoms. The maximum atomic E-state index is 13.1. The Bertz CT molecular complexity index is 1750. The van der Waals surface area contributed by atoms with Gasteiger partial charge in [-0.05, 0) is 42.3 Å². The summed E-state index contributed by atoms with van der Waals surface area (Å²) in [6.07, 6.45) is 18.5. The van der Waals surface area contributed by atoms with E-state index in [2.05, 4.69) is 23.1 Å². The first-order valence-electron chi connectivity index (χ1n) is 20.3. The summed E-state index contributed by atoms with van der Waals surface area (Å²) in [4.78, 5) is 14.6. The highest BCUT2D eigenvalue weighted by Gasteiger charge is 2.46. The van der Waals surface area contributed by atoms with E-state index in [-0.39, 0.29) is 24.7 Å². The Morgan fingerprint density at radius 1 is 0.912 bits per heavy atom. The number of hydrogen-bond acceptors (Lipinski definition) is 12. The van der Waals surface area contributed by atoms with Gasteiger partial charge in [-0.2, -0.15) is 15.6 Å². The number of ether oxygens (including phenoxy) is 2. The van der Waals surface area contributed by atoms with E-state index in [0.29, 0.717) is 28.1 Å². The van der Waals surface area contributed by atoms with E-state index in [1.165, 1.54) is 100 Å². The second-order valence-corrected chi connectivity index (χ2v) is 16.6. The number of unbranched alkanes of at least 4 members (excludes halogenated alkanes) is 16. The summed E-state index contributed by atoms with van der Waals surface area (Å²) in [6, 6.07) is 11.7. The number of benzene rings is 1. The largest absolute Gasteiger partial charge is 0.472 e. The third-order valence-electron chi connectivity index (χ3n) is 10.2. The number of aromatic nitrogens is 3. The van der Waals surface area contributed by atoms with E-state index >= 15 is 0 Å². The van der Waals surface area contributed by atoms with E-state index in [9.17, 15) is 30.2 Å². The lowest BCUT2D eigenvalue weighted by molar-refractivity contribution is -0.134. The Balaban J connectivity index is 1.48. The van der Waals surface area contributed by atoms with Crippen LogP contribution in [0.15, 0.2) is 36.7 Å². The molecule has 0 radical (unpaired) electrons. The number of hydrogen-bond donors (Lipinski definition) is 4. The summed E-state index contributed by atoms with van der Waals surface area (Å²) in [5.74, 6) is 0.129. The number of fused-ring (bicyclic) bond motifs is 1. The van der Waals surface area contributed by atoms with Gasteiger partial charge in [0.2, 0.25) is 5.60 Å². The Morgan fingerprint density at radius 3 is 2.07 bits per heavy atom. The number of nitrogen functional groups attached to an aromatic ring is 1. The molecule has 0 aliphatic rings. The quantitative estimate of drug-likeness (QED) is 0.0352. The lowest BCUT2D eigenvalue weighted by Gasteiger charge is -2.33. The standard InChI is InChI=1S/C41H62ClN6O8P/c1-3-4-5-6-7-8-9-10-11-12-13-14-15-16-17-18-19-20-35(54-27-33-23-32(26-43)24-34(42)25-33)28-55-57(51,52)56-30-41(29-44,53-2)39(50)38(49)36-21-22-37-40(45)46-31-47-48(36)37/h21-25,31,35,38-39,49-50H,3-20,27-28,30H2,1-2H3,(H,51,52)(H2,45,46,47)/t35-,38+,39+,41-/m1/s1. The third-order valence-corrected chi connectivity index (χ3v) is 11.4. The van der Waals surface area contributed by atoms with Crippen LogP contribution in [0.5, 0.6) is 0 Å². The Labute approximate surface area is 342 Å². The van der Waals surface area contributed by atoms with Gasteiger partial charge < -0.3 is 30.3 Å². The minimum Gasteiger partial charge on any atom is -0.386 e. The molecule has 1 unspecified atom stereocenters. The monoisotopic (exact) mass is 832 g/mol. The number of halogens is 1. The van der Waals surface area contributed by atoms with Crippen LogP contribution in [0.4, 0.5) is 5.82 Å². The average molecular weight is 833 g/mol. The first-order chi connectivity index (χ1) is 27.5. The number of nitriles is 2. The van der Waals surface area contributed by atoms with Gasteiger partial charge >= 0.3 is 7.82 Å². The highest BCUT2D eigenvalue weighted by molar-refractivity contribution is 7.47. The molecular formula is C41H62ClN6O8P. The summed E-state index contributed by atoms with van der Waals surface area (Å²) in [5.41, 5.74) is 5.04. The van der Waals surface area contributed by atoms with Gasteiger partial charge in [-0.25, -0.2) is 14.1 Å². The molecule has 14 nitrogen and oxygen atoms in total. The van der Waals surface area contributed by atoms with E-state index < -0.39 is 38.3 Å². The van der Waals surface area contributed by atoms with Gasteiger partial charge in [0.15, 0.2) is 5.82 Å². The lowest BCUT2D eigenvalue weighted by atomic mass is 9.93. The summed E-state index contributed by atoms with van der Waals surface area (Å²) < 4.78 is 36.3. The van der Waals surface area contributed by atoms with Crippen molar-refractivity contribution in [1.29, 1.82) is 10.5 Å². The number of methoxy groups -OCH3 is 1. The summed E-state index contributed by atoms with van der Waals surface area (Å²) >= 11 is 6.18. The van der Waals surface area contributed by atoms with Gasteiger partial charge in [0.05, 0.1) is 36.6 Å². The maximum absolute atomic E-state index is 13.1. The number of phosphoric acid groups is 1. The van der Waals surface area contributed by atoms with Gasteiger partial charge in [-0.3, -0.25) is 9.05 Å². The molecule has 2 aromatic heterocycles. The topological polar surface area (TPSA) is 218 Å². The zero-order valence-corrected chi connectivity index (χ0v) is 35.2. The number of aliphatic hydroxyl groups is 2. The normalized spacial score (nSPS) is 15.4. The first kappa shape index (κ1) is 48.2. The number of nitrogens with two attached hydrogens (primary N) is 1. The predicted octanol–water partition coefficient (Wildman–Crippen LogP) is 8.90. The molecule has 0 fully saturated rings. The van der Waals surface area contributed by atoms with Crippen molar-refractivity contribution >= 4 is 30.8 Å². The van der Waals surface area contributed by atoms with Gasteiger partial charge in [0.25, 0.3) is 0 Å². The second-order valence-electron chi connectivity index (χ2n) is 14.7. The molecule has 0 aliphatic heterocycles. The number of aliphatic hydroxyl groups excluding tert-OH is 2. The van der Waals surface area contributed by atoms with Crippen molar-refractivity contribution in [2.45, 2.75) is 153 Å². The molecule has 5 N–H and O–H groups in total. The molecule has 0 bridgehead atoms. The van der Waals surface area contributed by atoms with Crippen LogP contribution in [0.2, 0.25) is 5.02 Å². The average Bonchev–Trinajstić information content (AvgIpc) is 3.65. The Kier molecular flexibility index (Phi) is 22.1. The fourth-order valence-electron chi connectivity index (χ4n) is 6.74. The van der Waals surface area contributed by atoms with Crippen LogP contribution in [-0.4, -0.2) is 67.8 Å².